The molecule has 12 heteroatoms. The van der Waals surface area contributed by atoms with Crippen LogP contribution in [0, 0.1) is 12.8 Å². The number of aryl methyl sites for hydroxylation is 2. The smallest absolute Gasteiger partial charge is 0.306 e. The lowest BCUT2D eigenvalue weighted by Gasteiger charge is -2.27. The molecule has 1 aliphatic rings. The van der Waals surface area contributed by atoms with E-state index in [0.717, 1.165) is 25.7 Å². The molecule has 11 nitrogen and oxygen atoms in total. The van der Waals surface area contributed by atoms with Crippen LogP contribution in [0.25, 0.3) is 11.4 Å². The van der Waals surface area contributed by atoms with Gasteiger partial charge in [-0.05, 0) is 51.2 Å². The number of carboxylic acids is 1. The van der Waals surface area contributed by atoms with Crippen molar-refractivity contribution in [2.24, 2.45) is 13.0 Å². The van der Waals surface area contributed by atoms with Crippen LogP contribution < -0.4 is 4.74 Å². The number of carboxylic acid groups (broad SMARTS) is 1. The third-order valence-electron chi connectivity index (χ3n) is 6.48. The van der Waals surface area contributed by atoms with Crippen LogP contribution in [-0.2, 0) is 28.6 Å². The Morgan fingerprint density at radius 2 is 2.00 bits per heavy atom. The predicted molar refractivity (Wildman–Crippen MR) is 131 cm³/mol. The number of hydrogen-bond donors (Lipinski definition) is 1. The zero-order chi connectivity index (χ0) is 25.8. The molecule has 3 rings (SSSR count). The molecule has 1 unspecified atom stereocenters. The van der Waals surface area contributed by atoms with Crippen molar-refractivity contribution < 1.29 is 23.1 Å². The number of aromatic nitrogens is 4. The molecule has 0 spiro atoms. The standard InChI is InChI=1S/C23H36N6O5S/c1-6-7-13-27(3)35(32,33)28(4)15-20-22(25-26-29(20)5)19-11-12-21(16(2)24-19)34-18-10-8-9-17(14-18)23(30)31/h11-12,17-18H,6-10,13-15H2,1-5H3,(H,30,31)/t17?,18-/m0/s1. The third-order valence-corrected chi connectivity index (χ3v) is 8.37. The molecule has 194 valence electrons. The molecule has 0 saturated heterocycles. The summed E-state index contributed by atoms with van der Waals surface area (Å²) in [7, 11) is 1.21. The quantitative estimate of drug-likeness (QED) is 0.490. The van der Waals surface area contributed by atoms with Crippen LogP contribution in [-0.4, -0.2) is 74.8 Å². The topological polar surface area (TPSA) is 131 Å². The molecular formula is C23H36N6O5S. The second kappa shape index (κ2) is 11.4. The maximum absolute atomic E-state index is 12.9. The first kappa shape index (κ1) is 27.0. The van der Waals surface area contributed by atoms with Gasteiger partial charge in [0.2, 0.25) is 0 Å². The number of unbranched alkanes of at least 4 members (excludes halogenated alkanes) is 1. The molecular weight excluding hydrogens is 472 g/mol. The SMILES string of the molecule is CCCCN(C)S(=O)(=O)N(C)Cc1c(-c2ccc(O[C@H]3CCCC(C(=O)O)C3)c(C)n2)nnn1C. The lowest BCUT2D eigenvalue weighted by Crippen LogP contribution is -2.40. The molecule has 0 radical (unpaired) electrons. The lowest BCUT2D eigenvalue weighted by molar-refractivity contribution is -0.143. The Morgan fingerprint density at radius 3 is 2.66 bits per heavy atom. The molecule has 1 N–H and O–H groups in total. The second-order valence-corrected chi connectivity index (χ2v) is 11.3. The summed E-state index contributed by atoms with van der Waals surface area (Å²) in [5, 5.41) is 17.7. The van der Waals surface area contributed by atoms with Crippen LogP contribution in [0.5, 0.6) is 5.75 Å². The fourth-order valence-electron chi connectivity index (χ4n) is 4.24. The van der Waals surface area contributed by atoms with Crippen LogP contribution in [0.4, 0.5) is 0 Å². The highest BCUT2D eigenvalue weighted by molar-refractivity contribution is 7.86. The van der Waals surface area contributed by atoms with Crippen LogP contribution in [0.2, 0.25) is 0 Å². The van der Waals surface area contributed by atoms with Gasteiger partial charge in [0.05, 0.1) is 35.6 Å². The minimum atomic E-state index is -3.63. The van der Waals surface area contributed by atoms with Gasteiger partial charge in [-0.1, -0.05) is 18.6 Å². The largest absolute Gasteiger partial charge is 0.489 e. The number of hydrogen-bond acceptors (Lipinski definition) is 7. The first-order valence-electron chi connectivity index (χ1n) is 12.0. The van der Waals surface area contributed by atoms with Crippen molar-refractivity contribution >= 4 is 16.2 Å². The minimum absolute atomic E-state index is 0.0925. The van der Waals surface area contributed by atoms with E-state index in [4.69, 9.17) is 4.74 Å². The van der Waals surface area contributed by atoms with Gasteiger partial charge >= 0.3 is 5.97 Å². The Bertz CT molecular complexity index is 1140. The summed E-state index contributed by atoms with van der Waals surface area (Å²) in [6.07, 6.45) is 4.33. The van der Waals surface area contributed by atoms with Crippen LogP contribution in [0.1, 0.15) is 56.8 Å². The molecule has 0 bridgehead atoms. The second-order valence-electron chi connectivity index (χ2n) is 9.17. The highest BCUT2D eigenvalue weighted by atomic mass is 32.2. The molecule has 35 heavy (non-hydrogen) atoms. The van der Waals surface area contributed by atoms with E-state index < -0.39 is 16.2 Å². The molecule has 2 heterocycles. The Morgan fingerprint density at radius 1 is 1.26 bits per heavy atom. The van der Waals surface area contributed by atoms with Gasteiger partial charge < -0.3 is 9.84 Å². The molecule has 1 fully saturated rings. The number of aliphatic carboxylic acids is 1. The van der Waals surface area contributed by atoms with Crippen molar-refractivity contribution in [2.75, 3.05) is 20.6 Å². The zero-order valence-electron chi connectivity index (χ0n) is 21.1. The molecule has 2 aromatic heterocycles. The van der Waals surface area contributed by atoms with Gasteiger partial charge in [-0.3, -0.25) is 9.48 Å². The number of carbonyl (C=O) groups is 1. The van der Waals surface area contributed by atoms with Gasteiger partial charge in [-0.25, -0.2) is 4.98 Å². The average Bonchev–Trinajstić information content (AvgIpc) is 3.18. The molecule has 0 amide bonds. The van der Waals surface area contributed by atoms with Gasteiger partial charge in [-0.2, -0.15) is 17.0 Å². The monoisotopic (exact) mass is 508 g/mol. The fourth-order valence-corrected chi connectivity index (χ4v) is 5.36. The first-order valence-corrected chi connectivity index (χ1v) is 13.4. The van der Waals surface area contributed by atoms with Crippen molar-refractivity contribution in [3.8, 4) is 17.1 Å². The molecule has 1 aliphatic carbocycles. The molecule has 0 aliphatic heterocycles. The lowest BCUT2D eigenvalue weighted by atomic mass is 9.87. The summed E-state index contributed by atoms with van der Waals surface area (Å²) >= 11 is 0. The summed E-state index contributed by atoms with van der Waals surface area (Å²) in [4.78, 5) is 16.0. The van der Waals surface area contributed by atoms with Crippen LogP contribution >= 0.6 is 0 Å². The van der Waals surface area contributed by atoms with E-state index in [2.05, 4.69) is 15.3 Å². The maximum atomic E-state index is 12.9. The molecule has 0 aromatic carbocycles. The van der Waals surface area contributed by atoms with E-state index in [1.165, 1.54) is 8.61 Å². The summed E-state index contributed by atoms with van der Waals surface area (Å²) in [6.45, 7) is 4.39. The highest BCUT2D eigenvalue weighted by Gasteiger charge is 2.29. The Balaban J connectivity index is 1.77. The van der Waals surface area contributed by atoms with E-state index in [0.29, 0.717) is 47.9 Å². The Labute approximate surface area is 207 Å². The van der Waals surface area contributed by atoms with E-state index in [1.807, 2.05) is 13.8 Å². The van der Waals surface area contributed by atoms with Crippen molar-refractivity contribution in [3.63, 3.8) is 0 Å². The third kappa shape index (κ3) is 6.36. The van der Waals surface area contributed by atoms with E-state index in [1.54, 1.807) is 38.0 Å². The van der Waals surface area contributed by atoms with Gasteiger partial charge in [0.15, 0.2) is 0 Å². The van der Waals surface area contributed by atoms with Crippen LogP contribution in [0.3, 0.4) is 0 Å². The molecule has 2 aromatic rings. The van der Waals surface area contributed by atoms with Gasteiger partial charge in [0.25, 0.3) is 10.2 Å². The van der Waals surface area contributed by atoms with Gasteiger partial charge in [0.1, 0.15) is 11.4 Å². The van der Waals surface area contributed by atoms with Crippen LogP contribution in [0.15, 0.2) is 12.1 Å². The average molecular weight is 509 g/mol. The summed E-state index contributed by atoms with van der Waals surface area (Å²) in [5.74, 6) is -0.549. The van der Waals surface area contributed by atoms with Crippen molar-refractivity contribution in [1.82, 2.24) is 28.6 Å². The van der Waals surface area contributed by atoms with Gasteiger partial charge in [-0.15, -0.1) is 5.10 Å². The van der Waals surface area contributed by atoms with Crippen molar-refractivity contribution in [1.29, 1.82) is 0 Å². The van der Waals surface area contributed by atoms with E-state index in [-0.39, 0.29) is 18.6 Å². The van der Waals surface area contributed by atoms with E-state index in [9.17, 15) is 18.3 Å². The number of pyridine rings is 1. The van der Waals surface area contributed by atoms with E-state index >= 15 is 0 Å². The van der Waals surface area contributed by atoms with Crippen molar-refractivity contribution in [3.05, 3.63) is 23.5 Å². The summed E-state index contributed by atoms with van der Waals surface area (Å²) in [6, 6.07) is 3.58. The predicted octanol–water partition coefficient (Wildman–Crippen LogP) is 2.62. The normalized spacial score (nSPS) is 18.8. The summed E-state index contributed by atoms with van der Waals surface area (Å²) in [5.41, 5.74) is 2.34. The number of ether oxygens (including phenoxy) is 1. The zero-order valence-corrected chi connectivity index (χ0v) is 22.0. The number of rotatable bonds is 11. The minimum Gasteiger partial charge on any atom is -0.489 e. The highest BCUT2D eigenvalue weighted by Crippen LogP contribution is 2.30. The van der Waals surface area contributed by atoms with Crippen molar-refractivity contribution in [2.45, 2.75) is 65.0 Å². The fraction of sp³-hybridized carbons (Fsp3) is 0.652. The van der Waals surface area contributed by atoms with Gasteiger partial charge in [0, 0.05) is 27.7 Å². The Hall–Kier alpha value is -2.57. The maximum Gasteiger partial charge on any atom is 0.306 e. The molecule has 2 atom stereocenters. The summed E-state index contributed by atoms with van der Waals surface area (Å²) < 4.78 is 36.1. The first-order chi connectivity index (χ1) is 16.5. The molecule has 1 saturated carbocycles. The number of nitrogens with zero attached hydrogens (tertiary/aromatic N) is 6. The Kier molecular flexibility index (Phi) is 8.84.